The topological polar surface area (TPSA) is 83.8 Å². The molecule has 0 aliphatic carbocycles. The Labute approximate surface area is 187 Å². The number of carbonyl (C=O) groups is 1. The Morgan fingerprint density at radius 3 is 2.34 bits per heavy atom. The molecule has 0 spiro atoms. The molecule has 2 aromatic heterocycles. The highest BCUT2D eigenvalue weighted by molar-refractivity contribution is 7.90. The van der Waals surface area contributed by atoms with Crippen molar-refractivity contribution in [1.82, 2.24) is 9.38 Å². The van der Waals surface area contributed by atoms with Crippen LogP contribution in [0.2, 0.25) is 0 Å². The third kappa shape index (κ3) is 4.09. The quantitative estimate of drug-likeness (QED) is 0.497. The van der Waals surface area contributed by atoms with Gasteiger partial charge in [0.25, 0.3) is 0 Å². The molecule has 164 valence electrons. The van der Waals surface area contributed by atoms with Crippen LogP contribution >= 0.6 is 0 Å². The zero-order valence-corrected chi connectivity index (χ0v) is 19.1. The van der Waals surface area contributed by atoms with Crippen molar-refractivity contribution in [3.8, 4) is 22.4 Å². The fourth-order valence-corrected chi connectivity index (χ4v) is 4.34. The number of benzene rings is 2. The van der Waals surface area contributed by atoms with E-state index in [-0.39, 0.29) is 10.8 Å². The molecule has 4 rings (SSSR count). The number of amides is 1. The fraction of sp³-hybridized carbons (Fsp3) is 0.167. The Kier molecular flexibility index (Phi) is 5.48. The first kappa shape index (κ1) is 21.6. The molecule has 0 fully saturated rings. The Bertz CT molecular complexity index is 1420. The summed E-state index contributed by atoms with van der Waals surface area (Å²) in [6.45, 7) is 1.46. The maximum atomic E-state index is 11.9. The Morgan fingerprint density at radius 1 is 1.03 bits per heavy atom. The number of hydrogen-bond donors (Lipinski definition) is 1. The molecular formula is C24H24N4O3S. The monoisotopic (exact) mass is 448 g/mol. The van der Waals surface area contributed by atoms with Crippen LogP contribution in [0.3, 0.4) is 0 Å². The number of nitrogens with zero attached hydrogens (tertiary/aromatic N) is 3. The van der Waals surface area contributed by atoms with Crippen LogP contribution in [-0.2, 0) is 14.6 Å². The molecule has 0 radical (unpaired) electrons. The summed E-state index contributed by atoms with van der Waals surface area (Å²) in [5, 5.41) is 2.89. The van der Waals surface area contributed by atoms with Gasteiger partial charge in [0.15, 0.2) is 15.5 Å². The highest BCUT2D eigenvalue weighted by Gasteiger charge is 2.16. The van der Waals surface area contributed by atoms with Gasteiger partial charge in [-0.3, -0.25) is 9.20 Å². The minimum atomic E-state index is -3.28. The molecule has 0 aliphatic heterocycles. The number of imidazole rings is 1. The van der Waals surface area contributed by atoms with E-state index in [1.165, 1.54) is 13.2 Å². The molecule has 0 saturated carbocycles. The van der Waals surface area contributed by atoms with E-state index < -0.39 is 9.84 Å². The van der Waals surface area contributed by atoms with Crippen LogP contribution in [-0.4, -0.2) is 44.1 Å². The standard InChI is InChI=1S/C24H24N4O3S/c1-16(29)26-21-13-18(20-7-5-6-8-22(20)27(2)3)15-28-23(14-25-24(21)28)17-9-11-19(12-10-17)32(4,30)31/h5-15H,1-4H3,(H,26,29). The summed E-state index contributed by atoms with van der Waals surface area (Å²) in [5.41, 5.74) is 5.78. The lowest BCUT2D eigenvalue weighted by atomic mass is 10.0. The lowest BCUT2D eigenvalue weighted by molar-refractivity contribution is -0.114. The maximum absolute atomic E-state index is 11.9. The summed E-state index contributed by atoms with van der Waals surface area (Å²) in [6, 6.07) is 16.6. The van der Waals surface area contributed by atoms with Crippen molar-refractivity contribution in [3.63, 3.8) is 0 Å². The molecule has 2 heterocycles. The number of rotatable bonds is 5. The van der Waals surface area contributed by atoms with Gasteiger partial charge in [-0.05, 0) is 24.3 Å². The van der Waals surface area contributed by atoms with Crippen molar-refractivity contribution in [1.29, 1.82) is 0 Å². The first-order valence-corrected chi connectivity index (χ1v) is 11.9. The third-order valence-electron chi connectivity index (χ3n) is 5.19. The van der Waals surface area contributed by atoms with E-state index in [1.54, 1.807) is 30.5 Å². The summed E-state index contributed by atoms with van der Waals surface area (Å²) in [6.07, 6.45) is 4.89. The largest absolute Gasteiger partial charge is 0.377 e. The lowest BCUT2D eigenvalue weighted by Crippen LogP contribution is -2.11. The molecule has 0 unspecified atom stereocenters. The average molecular weight is 449 g/mol. The van der Waals surface area contributed by atoms with Crippen LogP contribution in [0.1, 0.15) is 6.92 Å². The van der Waals surface area contributed by atoms with Crippen LogP contribution in [0.15, 0.2) is 71.9 Å². The highest BCUT2D eigenvalue weighted by atomic mass is 32.2. The molecule has 32 heavy (non-hydrogen) atoms. The highest BCUT2D eigenvalue weighted by Crippen LogP contribution is 2.34. The number of pyridine rings is 1. The Balaban J connectivity index is 1.94. The first-order chi connectivity index (χ1) is 15.1. The van der Waals surface area contributed by atoms with Crippen LogP contribution in [0.4, 0.5) is 11.4 Å². The number of nitrogens with one attached hydrogen (secondary N) is 1. The van der Waals surface area contributed by atoms with Gasteiger partial charge in [0.05, 0.1) is 22.5 Å². The number of fused-ring (bicyclic) bond motifs is 1. The predicted octanol–water partition coefficient (Wildman–Crippen LogP) is 4.10. The number of para-hydroxylation sites is 1. The van der Waals surface area contributed by atoms with Crippen molar-refractivity contribution in [2.24, 2.45) is 0 Å². The van der Waals surface area contributed by atoms with Crippen LogP contribution in [0.5, 0.6) is 0 Å². The number of anilines is 2. The smallest absolute Gasteiger partial charge is 0.221 e. The molecule has 0 atom stereocenters. The number of aromatic nitrogens is 2. The third-order valence-corrected chi connectivity index (χ3v) is 6.32. The zero-order chi connectivity index (χ0) is 23.0. The molecule has 0 bridgehead atoms. The van der Waals surface area contributed by atoms with E-state index >= 15 is 0 Å². The van der Waals surface area contributed by atoms with Gasteiger partial charge in [0.1, 0.15) is 0 Å². The van der Waals surface area contributed by atoms with Crippen LogP contribution < -0.4 is 10.2 Å². The fourth-order valence-electron chi connectivity index (χ4n) is 3.71. The van der Waals surface area contributed by atoms with Crippen molar-refractivity contribution < 1.29 is 13.2 Å². The second kappa shape index (κ2) is 8.12. The summed E-state index contributed by atoms with van der Waals surface area (Å²) in [7, 11) is 0.687. The van der Waals surface area contributed by atoms with E-state index in [0.29, 0.717) is 11.3 Å². The van der Waals surface area contributed by atoms with Gasteiger partial charge >= 0.3 is 0 Å². The van der Waals surface area contributed by atoms with E-state index in [2.05, 4.69) is 10.3 Å². The van der Waals surface area contributed by atoms with Gasteiger partial charge in [-0.15, -0.1) is 0 Å². The second-order valence-electron chi connectivity index (χ2n) is 7.87. The summed E-state index contributed by atoms with van der Waals surface area (Å²) < 4.78 is 25.6. The van der Waals surface area contributed by atoms with E-state index in [1.807, 2.05) is 59.9 Å². The normalized spacial score (nSPS) is 11.5. The van der Waals surface area contributed by atoms with Gasteiger partial charge in [0, 0.05) is 55.8 Å². The van der Waals surface area contributed by atoms with Gasteiger partial charge < -0.3 is 10.2 Å². The van der Waals surface area contributed by atoms with E-state index in [0.717, 1.165) is 28.1 Å². The molecular weight excluding hydrogens is 424 g/mol. The van der Waals surface area contributed by atoms with Gasteiger partial charge in [0.2, 0.25) is 5.91 Å². The molecule has 4 aromatic rings. The number of carbonyl (C=O) groups excluding carboxylic acids is 1. The predicted molar refractivity (Wildman–Crippen MR) is 128 cm³/mol. The summed E-state index contributed by atoms with van der Waals surface area (Å²) in [4.78, 5) is 18.7. The van der Waals surface area contributed by atoms with Crippen molar-refractivity contribution in [3.05, 3.63) is 67.0 Å². The molecule has 1 amide bonds. The molecule has 2 aromatic carbocycles. The molecule has 8 heteroatoms. The zero-order valence-electron chi connectivity index (χ0n) is 18.3. The minimum Gasteiger partial charge on any atom is -0.377 e. The Hall–Kier alpha value is -3.65. The minimum absolute atomic E-state index is 0.188. The molecule has 1 N–H and O–H groups in total. The van der Waals surface area contributed by atoms with Gasteiger partial charge in [-0.2, -0.15) is 0 Å². The van der Waals surface area contributed by atoms with E-state index in [4.69, 9.17) is 0 Å². The second-order valence-corrected chi connectivity index (χ2v) is 9.88. The van der Waals surface area contributed by atoms with Crippen molar-refractivity contribution in [2.45, 2.75) is 11.8 Å². The van der Waals surface area contributed by atoms with Gasteiger partial charge in [-0.1, -0.05) is 30.3 Å². The van der Waals surface area contributed by atoms with Crippen molar-refractivity contribution in [2.75, 3.05) is 30.6 Å². The number of sulfone groups is 1. The van der Waals surface area contributed by atoms with Crippen LogP contribution in [0, 0.1) is 0 Å². The van der Waals surface area contributed by atoms with Crippen molar-refractivity contribution >= 4 is 32.8 Å². The number of hydrogen-bond acceptors (Lipinski definition) is 5. The summed E-state index contributed by atoms with van der Waals surface area (Å²) >= 11 is 0. The Morgan fingerprint density at radius 2 is 1.72 bits per heavy atom. The lowest BCUT2D eigenvalue weighted by Gasteiger charge is -2.18. The van der Waals surface area contributed by atoms with Gasteiger partial charge in [-0.25, -0.2) is 13.4 Å². The molecule has 0 saturated heterocycles. The van der Waals surface area contributed by atoms with Crippen LogP contribution in [0.25, 0.3) is 28.0 Å². The summed E-state index contributed by atoms with van der Waals surface area (Å²) in [5.74, 6) is -0.188. The molecule has 7 nitrogen and oxygen atoms in total. The maximum Gasteiger partial charge on any atom is 0.221 e. The SMILES string of the molecule is CC(=O)Nc1cc(-c2ccccc2N(C)C)cn2c(-c3ccc(S(C)(=O)=O)cc3)cnc12. The first-order valence-electron chi connectivity index (χ1n) is 10.0. The molecule has 0 aliphatic rings. The average Bonchev–Trinajstić information content (AvgIpc) is 3.17. The van der Waals surface area contributed by atoms with E-state index in [9.17, 15) is 13.2 Å².